The highest BCUT2D eigenvalue weighted by molar-refractivity contribution is 5.89. The van der Waals surface area contributed by atoms with E-state index in [-0.39, 0.29) is 5.57 Å². The highest BCUT2D eigenvalue weighted by atomic mass is 16.4. The molecule has 0 atom stereocenters. The zero-order valence-electron chi connectivity index (χ0n) is 8.14. The zero-order valence-corrected chi connectivity index (χ0v) is 8.14. The van der Waals surface area contributed by atoms with Crippen LogP contribution in [0.3, 0.4) is 0 Å². The molecule has 0 aromatic carbocycles. The Kier molecular flexibility index (Phi) is 8.69. The Bertz CT molecular complexity index is 273. The Morgan fingerprint density at radius 3 is 1.47 bits per heavy atom. The molecule has 0 aromatic heterocycles. The Morgan fingerprint density at radius 1 is 1.07 bits per heavy atom. The lowest BCUT2D eigenvalue weighted by atomic mass is 10.2. The third-order valence-electron chi connectivity index (χ3n) is 1.10. The van der Waals surface area contributed by atoms with Crippen LogP contribution in [0, 0.1) is 0 Å². The van der Waals surface area contributed by atoms with Crippen molar-refractivity contribution in [3.05, 3.63) is 24.3 Å². The van der Waals surface area contributed by atoms with Crippen molar-refractivity contribution in [2.24, 2.45) is 0 Å². The summed E-state index contributed by atoms with van der Waals surface area (Å²) in [7, 11) is 0. The molecule has 0 aliphatic carbocycles. The van der Waals surface area contributed by atoms with E-state index in [0.717, 1.165) is 0 Å². The largest absolute Gasteiger partial charge is 0.478 e. The van der Waals surface area contributed by atoms with Crippen molar-refractivity contribution < 1.29 is 29.7 Å². The quantitative estimate of drug-likeness (QED) is 0.598. The first-order valence-corrected chi connectivity index (χ1v) is 3.86. The average molecular weight is 216 g/mol. The van der Waals surface area contributed by atoms with Gasteiger partial charge in [0.15, 0.2) is 0 Å². The van der Waals surface area contributed by atoms with E-state index < -0.39 is 17.9 Å². The van der Waals surface area contributed by atoms with Gasteiger partial charge in [0.1, 0.15) is 0 Å². The first-order valence-electron chi connectivity index (χ1n) is 3.86. The number of carboxylic acids is 3. The fourth-order valence-electron chi connectivity index (χ4n) is 0.294. The molecule has 0 aliphatic heterocycles. The summed E-state index contributed by atoms with van der Waals surface area (Å²) in [6, 6.07) is 0. The fourth-order valence-corrected chi connectivity index (χ4v) is 0.294. The van der Waals surface area contributed by atoms with Crippen molar-refractivity contribution in [3.8, 4) is 0 Å². The van der Waals surface area contributed by atoms with Crippen LogP contribution < -0.4 is 0 Å². The SMILES string of the molecule is C=C(CC)C(=O)O.O=C(O)/C=C\C(=O)O. The molecule has 15 heavy (non-hydrogen) atoms. The summed E-state index contributed by atoms with van der Waals surface area (Å²) in [5.41, 5.74) is 0.264. The van der Waals surface area contributed by atoms with Gasteiger partial charge in [-0.3, -0.25) is 0 Å². The van der Waals surface area contributed by atoms with E-state index in [0.29, 0.717) is 18.6 Å². The normalized spacial score (nSPS) is 8.87. The van der Waals surface area contributed by atoms with Gasteiger partial charge in [0, 0.05) is 17.7 Å². The molecule has 0 radical (unpaired) electrons. The number of carboxylic acid groups (broad SMARTS) is 3. The van der Waals surface area contributed by atoms with E-state index in [1.165, 1.54) is 0 Å². The molecule has 0 spiro atoms. The maximum atomic E-state index is 9.83. The Labute approximate surface area is 86.2 Å². The van der Waals surface area contributed by atoms with Gasteiger partial charge >= 0.3 is 17.9 Å². The lowest BCUT2D eigenvalue weighted by molar-refractivity contribution is -0.134. The van der Waals surface area contributed by atoms with Gasteiger partial charge in [0.25, 0.3) is 0 Å². The van der Waals surface area contributed by atoms with Crippen molar-refractivity contribution in [1.29, 1.82) is 0 Å². The molecule has 84 valence electrons. The van der Waals surface area contributed by atoms with Gasteiger partial charge in [-0.1, -0.05) is 13.5 Å². The molecule has 0 aliphatic rings. The van der Waals surface area contributed by atoms with Gasteiger partial charge in [-0.25, -0.2) is 14.4 Å². The lowest BCUT2D eigenvalue weighted by Crippen LogP contribution is -1.95. The molecule has 0 saturated carbocycles. The van der Waals surface area contributed by atoms with Gasteiger partial charge in [-0.15, -0.1) is 0 Å². The van der Waals surface area contributed by atoms with Gasteiger partial charge in [0.2, 0.25) is 0 Å². The summed E-state index contributed by atoms with van der Waals surface area (Å²) in [5.74, 6) is -3.41. The minimum Gasteiger partial charge on any atom is -0.478 e. The second kappa shape index (κ2) is 8.49. The van der Waals surface area contributed by atoms with Crippen molar-refractivity contribution in [1.82, 2.24) is 0 Å². The highest BCUT2D eigenvalue weighted by Gasteiger charge is 1.96. The molecule has 0 heterocycles. The van der Waals surface area contributed by atoms with Gasteiger partial charge in [-0.05, 0) is 6.42 Å². The minimum atomic E-state index is -1.26. The topological polar surface area (TPSA) is 112 Å². The first-order chi connectivity index (χ1) is 6.81. The monoisotopic (exact) mass is 216 g/mol. The van der Waals surface area contributed by atoms with Crippen LogP contribution in [0.2, 0.25) is 0 Å². The summed E-state index contributed by atoms with van der Waals surface area (Å²) in [6.07, 6.45) is 1.64. The summed E-state index contributed by atoms with van der Waals surface area (Å²) >= 11 is 0. The second-order valence-corrected chi connectivity index (χ2v) is 2.27. The number of carbonyl (C=O) groups is 3. The molecule has 6 nitrogen and oxygen atoms in total. The van der Waals surface area contributed by atoms with E-state index in [1.54, 1.807) is 6.92 Å². The summed E-state index contributed by atoms with van der Waals surface area (Å²) in [4.78, 5) is 28.9. The molecule has 0 fully saturated rings. The van der Waals surface area contributed by atoms with Crippen LogP contribution in [-0.2, 0) is 14.4 Å². The van der Waals surface area contributed by atoms with E-state index in [9.17, 15) is 14.4 Å². The van der Waals surface area contributed by atoms with Gasteiger partial charge in [-0.2, -0.15) is 0 Å². The summed E-state index contributed by atoms with van der Waals surface area (Å²) in [5, 5.41) is 23.7. The molecule has 0 amide bonds. The van der Waals surface area contributed by atoms with Crippen LogP contribution in [0.5, 0.6) is 0 Å². The Morgan fingerprint density at radius 2 is 1.40 bits per heavy atom. The number of rotatable bonds is 4. The van der Waals surface area contributed by atoms with Crippen LogP contribution >= 0.6 is 0 Å². The van der Waals surface area contributed by atoms with Crippen molar-refractivity contribution >= 4 is 17.9 Å². The predicted molar refractivity (Wildman–Crippen MR) is 51.5 cm³/mol. The molecule has 0 unspecified atom stereocenters. The maximum absolute atomic E-state index is 9.83. The molecule has 3 N–H and O–H groups in total. The molecule has 0 saturated heterocycles. The smallest absolute Gasteiger partial charge is 0.330 e. The van der Waals surface area contributed by atoms with Crippen molar-refractivity contribution in [2.45, 2.75) is 13.3 Å². The van der Waals surface area contributed by atoms with Crippen LogP contribution in [0.25, 0.3) is 0 Å². The van der Waals surface area contributed by atoms with Crippen molar-refractivity contribution in [2.75, 3.05) is 0 Å². The average Bonchev–Trinajstić information content (AvgIpc) is 2.14. The number of hydrogen-bond acceptors (Lipinski definition) is 3. The van der Waals surface area contributed by atoms with Crippen molar-refractivity contribution in [3.63, 3.8) is 0 Å². The van der Waals surface area contributed by atoms with E-state index in [2.05, 4.69) is 6.58 Å². The van der Waals surface area contributed by atoms with Crippen LogP contribution in [0.4, 0.5) is 0 Å². The molecule has 0 rings (SSSR count). The zero-order chi connectivity index (χ0) is 12.4. The molecule has 6 heteroatoms. The summed E-state index contributed by atoms with van der Waals surface area (Å²) < 4.78 is 0. The summed E-state index contributed by atoms with van der Waals surface area (Å²) in [6.45, 7) is 5.03. The first kappa shape index (κ1) is 15.4. The fraction of sp³-hybridized carbons (Fsp3) is 0.222. The third kappa shape index (κ3) is 14.7. The molecular weight excluding hydrogens is 204 g/mol. The van der Waals surface area contributed by atoms with E-state index in [1.807, 2.05) is 0 Å². The van der Waals surface area contributed by atoms with Crippen LogP contribution in [-0.4, -0.2) is 33.2 Å². The van der Waals surface area contributed by atoms with Gasteiger partial charge < -0.3 is 15.3 Å². The molecule has 0 bridgehead atoms. The second-order valence-electron chi connectivity index (χ2n) is 2.27. The number of aliphatic carboxylic acids is 3. The standard InChI is InChI=1S/C5H8O2.C4H4O4/c1-3-4(2)5(6)7;5-3(6)1-2-4(7)8/h2-3H2,1H3,(H,6,7);1-2H,(H,5,6)(H,7,8)/b;2-1-. The predicted octanol–water partition coefficient (Wildman–Crippen LogP) is 0.749. The van der Waals surface area contributed by atoms with Crippen LogP contribution in [0.1, 0.15) is 13.3 Å². The van der Waals surface area contributed by atoms with E-state index >= 15 is 0 Å². The third-order valence-corrected chi connectivity index (χ3v) is 1.10. The molecular formula is C9H12O6. The van der Waals surface area contributed by atoms with Gasteiger partial charge in [0.05, 0.1) is 0 Å². The number of hydrogen-bond donors (Lipinski definition) is 3. The molecule has 0 aromatic rings. The van der Waals surface area contributed by atoms with Crippen LogP contribution in [0.15, 0.2) is 24.3 Å². The van der Waals surface area contributed by atoms with E-state index in [4.69, 9.17) is 15.3 Å². The minimum absolute atomic E-state index is 0.264. The Balaban J connectivity index is 0. The lowest BCUT2D eigenvalue weighted by Gasteiger charge is -1.87. The highest BCUT2D eigenvalue weighted by Crippen LogP contribution is 1.93. The maximum Gasteiger partial charge on any atom is 0.330 e. The Hall–Kier alpha value is -2.11.